The van der Waals surface area contributed by atoms with Crippen molar-refractivity contribution in [1.82, 2.24) is 5.32 Å². The summed E-state index contributed by atoms with van der Waals surface area (Å²) in [5.74, 6) is -0.459. The van der Waals surface area contributed by atoms with Crippen LogP contribution in [-0.4, -0.2) is 17.8 Å². The van der Waals surface area contributed by atoms with Crippen LogP contribution < -0.4 is 5.32 Å². The van der Waals surface area contributed by atoms with Gasteiger partial charge in [0.25, 0.3) is 5.91 Å². The molecule has 1 atom stereocenters. The Balaban J connectivity index is 2.21. The minimum absolute atomic E-state index is 0.106. The second-order valence-corrected chi connectivity index (χ2v) is 5.61. The second kappa shape index (κ2) is 5.02. The molecule has 90 valence electrons. The highest BCUT2D eigenvalue weighted by atomic mass is 35.5. The average Bonchev–Trinajstić information content (AvgIpc) is 2.68. The summed E-state index contributed by atoms with van der Waals surface area (Å²) in [6, 6.07) is 6.24. The van der Waals surface area contributed by atoms with Crippen molar-refractivity contribution < 1.29 is 9.18 Å². The highest BCUT2D eigenvalue weighted by molar-refractivity contribution is 7.20. The smallest absolute Gasteiger partial charge is 0.261 e. The van der Waals surface area contributed by atoms with Gasteiger partial charge in [0.1, 0.15) is 5.82 Å². The molecule has 0 saturated carbocycles. The number of fused-ring (bicyclic) bond motifs is 1. The summed E-state index contributed by atoms with van der Waals surface area (Å²) in [6.07, 6.45) is 0. The lowest BCUT2D eigenvalue weighted by Gasteiger charge is -2.03. The maximum Gasteiger partial charge on any atom is 0.261 e. The van der Waals surface area contributed by atoms with Crippen molar-refractivity contribution in [2.45, 2.75) is 12.3 Å². The number of halogens is 2. The molecule has 0 bridgehead atoms. The molecule has 1 heterocycles. The molecule has 0 spiro atoms. The van der Waals surface area contributed by atoms with Crippen LogP contribution in [0.5, 0.6) is 0 Å². The largest absolute Gasteiger partial charge is 0.350 e. The second-order valence-electron chi connectivity index (χ2n) is 3.78. The number of alkyl halides is 1. The van der Waals surface area contributed by atoms with Crippen LogP contribution in [0.2, 0.25) is 0 Å². The van der Waals surface area contributed by atoms with Gasteiger partial charge in [-0.1, -0.05) is 6.07 Å². The fourth-order valence-corrected chi connectivity index (χ4v) is 2.52. The average molecular weight is 272 g/mol. The van der Waals surface area contributed by atoms with E-state index in [2.05, 4.69) is 5.32 Å². The molecule has 2 rings (SSSR count). The summed E-state index contributed by atoms with van der Waals surface area (Å²) in [4.78, 5) is 12.3. The predicted molar refractivity (Wildman–Crippen MR) is 69.4 cm³/mol. The molecule has 1 unspecified atom stereocenters. The molecule has 0 aliphatic carbocycles. The Bertz CT molecular complexity index is 552. The molecule has 2 aromatic rings. The highest BCUT2D eigenvalue weighted by Gasteiger charge is 2.10. The van der Waals surface area contributed by atoms with Crippen molar-refractivity contribution in [3.63, 3.8) is 0 Å². The van der Waals surface area contributed by atoms with E-state index >= 15 is 0 Å². The van der Waals surface area contributed by atoms with E-state index in [0.29, 0.717) is 11.4 Å². The number of carbonyl (C=O) groups excluding carboxylic acids is 1. The third kappa shape index (κ3) is 2.96. The van der Waals surface area contributed by atoms with Gasteiger partial charge in [-0.2, -0.15) is 0 Å². The zero-order chi connectivity index (χ0) is 12.4. The molecule has 17 heavy (non-hydrogen) atoms. The minimum Gasteiger partial charge on any atom is -0.350 e. The van der Waals surface area contributed by atoms with Gasteiger partial charge in [-0.25, -0.2) is 4.39 Å². The van der Waals surface area contributed by atoms with Crippen LogP contribution in [0.15, 0.2) is 24.3 Å². The number of hydrogen-bond donors (Lipinski definition) is 1. The number of nitrogens with one attached hydrogen (secondary N) is 1. The summed E-state index contributed by atoms with van der Waals surface area (Å²) in [5, 5.41) is 3.49. The van der Waals surface area contributed by atoms with Crippen LogP contribution in [0, 0.1) is 5.82 Å². The fraction of sp³-hybridized carbons (Fsp3) is 0.250. The highest BCUT2D eigenvalue weighted by Crippen LogP contribution is 2.26. The molecule has 1 N–H and O–H groups in total. The third-order valence-electron chi connectivity index (χ3n) is 2.25. The van der Waals surface area contributed by atoms with Gasteiger partial charge in [0.05, 0.1) is 4.88 Å². The van der Waals surface area contributed by atoms with Crippen molar-refractivity contribution in [2.24, 2.45) is 0 Å². The third-order valence-corrected chi connectivity index (χ3v) is 3.50. The normalized spacial score (nSPS) is 12.6. The Labute approximate surface area is 107 Å². The van der Waals surface area contributed by atoms with Crippen molar-refractivity contribution in [2.75, 3.05) is 6.54 Å². The number of benzene rings is 1. The van der Waals surface area contributed by atoms with Crippen LogP contribution in [0.3, 0.4) is 0 Å². The van der Waals surface area contributed by atoms with E-state index in [1.807, 2.05) is 6.92 Å². The van der Waals surface area contributed by atoms with E-state index in [1.165, 1.54) is 23.5 Å². The molecule has 2 nitrogen and oxygen atoms in total. The first-order valence-electron chi connectivity index (χ1n) is 5.17. The fourth-order valence-electron chi connectivity index (χ4n) is 1.44. The predicted octanol–water partition coefficient (Wildman–Crippen LogP) is 3.40. The Morgan fingerprint density at radius 3 is 3.00 bits per heavy atom. The Morgan fingerprint density at radius 2 is 2.29 bits per heavy atom. The van der Waals surface area contributed by atoms with Gasteiger partial charge in [-0.3, -0.25) is 4.79 Å². The van der Waals surface area contributed by atoms with Gasteiger partial charge in [-0.05, 0) is 30.5 Å². The van der Waals surface area contributed by atoms with Gasteiger partial charge in [0.15, 0.2) is 0 Å². The number of hydrogen-bond acceptors (Lipinski definition) is 2. The summed E-state index contributed by atoms with van der Waals surface area (Å²) < 4.78 is 13.8. The van der Waals surface area contributed by atoms with Crippen molar-refractivity contribution in [3.8, 4) is 0 Å². The Morgan fingerprint density at radius 1 is 1.53 bits per heavy atom. The van der Waals surface area contributed by atoms with E-state index < -0.39 is 0 Å². The van der Waals surface area contributed by atoms with Gasteiger partial charge < -0.3 is 5.32 Å². The Kier molecular flexibility index (Phi) is 3.64. The molecule has 1 aromatic carbocycles. The van der Waals surface area contributed by atoms with Gasteiger partial charge in [0.2, 0.25) is 0 Å². The van der Waals surface area contributed by atoms with Crippen LogP contribution >= 0.6 is 22.9 Å². The maximum atomic E-state index is 13.0. The van der Waals surface area contributed by atoms with E-state index in [1.54, 1.807) is 12.1 Å². The first kappa shape index (κ1) is 12.3. The molecule has 0 aliphatic heterocycles. The van der Waals surface area contributed by atoms with Crippen LogP contribution in [0.4, 0.5) is 4.39 Å². The monoisotopic (exact) mass is 271 g/mol. The van der Waals surface area contributed by atoms with Crippen LogP contribution in [-0.2, 0) is 0 Å². The minimum atomic E-state index is -0.291. The van der Waals surface area contributed by atoms with E-state index in [0.717, 1.165) is 10.1 Å². The SMILES string of the molecule is CC(Cl)CNC(=O)c1cc2ccc(F)cc2s1. The molecule has 1 amide bonds. The van der Waals surface area contributed by atoms with E-state index in [9.17, 15) is 9.18 Å². The molecular formula is C12H11ClFNOS. The van der Waals surface area contributed by atoms with E-state index in [4.69, 9.17) is 11.6 Å². The zero-order valence-electron chi connectivity index (χ0n) is 9.17. The summed E-state index contributed by atoms with van der Waals surface area (Å²) in [7, 11) is 0. The summed E-state index contributed by atoms with van der Waals surface area (Å²) in [6.45, 7) is 2.23. The number of thiophene rings is 1. The quantitative estimate of drug-likeness (QED) is 0.852. The topological polar surface area (TPSA) is 29.1 Å². The van der Waals surface area contributed by atoms with Crippen LogP contribution in [0.1, 0.15) is 16.6 Å². The van der Waals surface area contributed by atoms with Crippen molar-refractivity contribution in [3.05, 3.63) is 35.0 Å². The first-order chi connectivity index (χ1) is 8.06. The summed E-state index contributed by atoms with van der Waals surface area (Å²) >= 11 is 7.02. The standard InChI is InChI=1S/C12H11ClFNOS/c1-7(13)6-15-12(16)11-4-8-2-3-9(14)5-10(8)17-11/h2-5,7H,6H2,1H3,(H,15,16). The molecule has 1 aromatic heterocycles. The number of amides is 1. The zero-order valence-corrected chi connectivity index (χ0v) is 10.7. The van der Waals surface area contributed by atoms with Crippen molar-refractivity contribution in [1.29, 1.82) is 0 Å². The molecule has 0 fully saturated rings. The van der Waals surface area contributed by atoms with E-state index in [-0.39, 0.29) is 17.1 Å². The molecule has 0 aliphatic rings. The van der Waals surface area contributed by atoms with Gasteiger partial charge in [0, 0.05) is 16.6 Å². The number of carbonyl (C=O) groups is 1. The first-order valence-corrected chi connectivity index (χ1v) is 6.43. The van der Waals surface area contributed by atoms with Crippen LogP contribution in [0.25, 0.3) is 10.1 Å². The van der Waals surface area contributed by atoms with Crippen molar-refractivity contribution >= 4 is 38.9 Å². The van der Waals surface area contributed by atoms with Gasteiger partial charge in [-0.15, -0.1) is 22.9 Å². The molecule has 5 heteroatoms. The summed E-state index contributed by atoms with van der Waals surface area (Å²) in [5.41, 5.74) is 0. The molecule has 0 saturated heterocycles. The molecule has 0 radical (unpaired) electrons. The lowest BCUT2D eigenvalue weighted by molar-refractivity contribution is 0.0958. The number of rotatable bonds is 3. The molecular weight excluding hydrogens is 261 g/mol. The lowest BCUT2D eigenvalue weighted by Crippen LogP contribution is -2.27. The Hall–Kier alpha value is -1.13. The van der Waals surface area contributed by atoms with Gasteiger partial charge >= 0.3 is 0 Å². The lowest BCUT2D eigenvalue weighted by atomic mass is 10.2. The maximum absolute atomic E-state index is 13.0.